The number of nitrogens with one attached hydrogen (secondary N) is 1. The molecule has 0 radical (unpaired) electrons. The summed E-state index contributed by atoms with van der Waals surface area (Å²) in [5, 5.41) is 4.85. The quantitative estimate of drug-likeness (QED) is 0.819. The Balaban J connectivity index is 1.81. The minimum Gasteiger partial charge on any atom is -0.301 e. The van der Waals surface area contributed by atoms with Gasteiger partial charge in [-0.25, -0.2) is 0 Å². The second kappa shape index (κ2) is 3.84. The van der Waals surface area contributed by atoms with Crippen molar-refractivity contribution in [2.75, 3.05) is 6.54 Å². The third-order valence-electron chi connectivity index (χ3n) is 3.22. The van der Waals surface area contributed by atoms with Crippen LogP contribution in [0.25, 0.3) is 0 Å². The van der Waals surface area contributed by atoms with Gasteiger partial charge in [0.2, 0.25) is 0 Å². The van der Waals surface area contributed by atoms with Crippen molar-refractivity contribution >= 4 is 11.8 Å². The summed E-state index contributed by atoms with van der Waals surface area (Å²) in [6.07, 6.45) is 2.79. The minimum atomic E-state index is 0.527. The van der Waals surface area contributed by atoms with E-state index >= 15 is 0 Å². The summed E-state index contributed by atoms with van der Waals surface area (Å²) in [4.78, 5) is 0. The molecule has 1 aliphatic carbocycles. The molecule has 1 aromatic carbocycles. The van der Waals surface area contributed by atoms with Gasteiger partial charge in [0.25, 0.3) is 0 Å². The second-order valence-electron chi connectivity index (χ2n) is 4.68. The highest BCUT2D eigenvalue weighted by Gasteiger charge is 2.26. The van der Waals surface area contributed by atoms with Gasteiger partial charge in [0.15, 0.2) is 0 Å². The van der Waals surface area contributed by atoms with Crippen molar-refractivity contribution in [3.05, 3.63) is 35.4 Å². The van der Waals surface area contributed by atoms with Crippen LogP contribution < -0.4 is 5.32 Å². The lowest BCUT2D eigenvalue weighted by Gasteiger charge is -2.11. The fourth-order valence-electron chi connectivity index (χ4n) is 2.19. The lowest BCUT2D eigenvalue weighted by atomic mass is 10.1. The van der Waals surface area contributed by atoms with Crippen molar-refractivity contribution in [1.82, 2.24) is 5.32 Å². The Bertz CT molecular complexity index is 359. The molecule has 0 amide bonds. The van der Waals surface area contributed by atoms with E-state index < -0.39 is 0 Å². The number of hydrogen-bond acceptors (Lipinski definition) is 2. The van der Waals surface area contributed by atoms with E-state index in [1.165, 1.54) is 18.4 Å². The summed E-state index contributed by atoms with van der Waals surface area (Å²) < 4.78 is 0. The average Bonchev–Trinajstić information content (AvgIpc) is 3.02. The first kappa shape index (κ1) is 9.73. The Morgan fingerprint density at radius 2 is 2.07 bits per heavy atom. The van der Waals surface area contributed by atoms with E-state index in [2.05, 4.69) is 36.5 Å². The van der Waals surface area contributed by atoms with E-state index in [0.717, 1.165) is 17.7 Å². The molecule has 1 saturated carbocycles. The van der Waals surface area contributed by atoms with Crippen LogP contribution in [0.15, 0.2) is 24.3 Å². The molecule has 1 heterocycles. The molecule has 0 spiro atoms. The first-order valence-electron chi connectivity index (χ1n) is 5.81. The standard InChI is InChI=1S/C13H17NS/c1-9-8-14-13(15-9)12-4-2-3-11(7-12)10-5-6-10/h2-4,7,9-10,13-14H,5-6,8H2,1H3. The third kappa shape index (κ3) is 2.06. The molecular weight excluding hydrogens is 202 g/mol. The van der Waals surface area contributed by atoms with E-state index in [1.54, 1.807) is 5.56 Å². The summed E-state index contributed by atoms with van der Waals surface area (Å²) in [6.45, 7) is 3.44. The average molecular weight is 219 g/mol. The fraction of sp³-hybridized carbons (Fsp3) is 0.538. The van der Waals surface area contributed by atoms with E-state index in [9.17, 15) is 0 Å². The van der Waals surface area contributed by atoms with Crippen LogP contribution in [0.2, 0.25) is 0 Å². The van der Waals surface area contributed by atoms with Gasteiger partial charge in [0.05, 0.1) is 5.37 Å². The summed E-state index contributed by atoms with van der Waals surface area (Å²) >= 11 is 2.05. The molecule has 1 saturated heterocycles. The Morgan fingerprint density at radius 3 is 2.73 bits per heavy atom. The second-order valence-corrected chi connectivity index (χ2v) is 6.23. The number of rotatable bonds is 2. The summed E-state index contributed by atoms with van der Waals surface area (Å²) in [5.41, 5.74) is 3.02. The highest BCUT2D eigenvalue weighted by molar-refractivity contribution is 8.00. The van der Waals surface area contributed by atoms with E-state index in [1.807, 2.05) is 11.8 Å². The Hall–Kier alpha value is -0.470. The molecule has 2 heteroatoms. The van der Waals surface area contributed by atoms with Crippen LogP contribution in [0.1, 0.15) is 42.2 Å². The molecule has 2 atom stereocenters. The van der Waals surface area contributed by atoms with Crippen LogP contribution in [0.4, 0.5) is 0 Å². The van der Waals surface area contributed by atoms with Crippen molar-refractivity contribution in [3.8, 4) is 0 Å². The van der Waals surface area contributed by atoms with Gasteiger partial charge >= 0.3 is 0 Å². The molecule has 2 fully saturated rings. The maximum absolute atomic E-state index is 3.57. The van der Waals surface area contributed by atoms with Crippen LogP contribution in [0.5, 0.6) is 0 Å². The zero-order valence-corrected chi connectivity index (χ0v) is 9.89. The zero-order chi connectivity index (χ0) is 10.3. The Morgan fingerprint density at radius 1 is 1.27 bits per heavy atom. The molecule has 1 aliphatic heterocycles. The zero-order valence-electron chi connectivity index (χ0n) is 9.07. The third-order valence-corrected chi connectivity index (χ3v) is 4.56. The summed E-state index contributed by atoms with van der Waals surface area (Å²) in [5.74, 6) is 0.869. The van der Waals surface area contributed by atoms with E-state index in [4.69, 9.17) is 0 Å². The molecule has 1 aromatic rings. The molecule has 3 rings (SSSR count). The van der Waals surface area contributed by atoms with E-state index in [0.29, 0.717) is 5.37 Å². The molecule has 2 unspecified atom stereocenters. The monoisotopic (exact) mass is 219 g/mol. The Labute approximate surface area is 95.6 Å². The van der Waals surface area contributed by atoms with Crippen LogP contribution in [-0.4, -0.2) is 11.8 Å². The van der Waals surface area contributed by atoms with Crippen molar-refractivity contribution in [1.29, 1.82) is 0 Å². The molecule has 0 bridgehead atoms. The lowest BCUT2D eigenvalue weighted by molar-refractivity contribution is 0.717. The van der Waals surface area contributed by atoms with Crippen molar-refractivity contribution in [3.63, 3.8) is 0 Å². The van der Waals surface area contributed by atoms with Crippen molar-refractivity contribution in [2.45, 2.75) is 36.3 Å². The van der Waals surface area contributed by atoms with Gasteiger partial charge < -0.3 is 5.32 Å². The number of benzene rings is 1. The molecule has 1 nitrogen and oxygen atoms in total. The first-order chi connectivity index (χ1) is 7.33. The maximum atomic E-state index is 3.57. The van der Waals surface area contributed by atoms with Gasteiger partial charge in [-0.3, -0.25) is 0 Å². The van der Waals surface area contributed by atoms with Gasteiger partial charge in [-0.1, -0.05) is 31.2 Å². The van der Waals surface area contributed by atoms with Gasteiger partial charge in [0, 0.05) is 11.8 Å². The molecule has 0 aromatic heterocycles. The molecule has 1 N–H and O–H groups in total. The van der Waals surface area contributed by atoms with Crippen LogP contribution in [0.3, 0.4) is 0 Å². The predicted octanol–water partition coefficient (Wildman–Crippen LogP) is 3.29. The maximum Gasteiger partial charge on any atom is 0.0793 e. The predicted molar refractivity (Wildman–Crippen MR) is 66.2 cm³/mol. The highest BCUT2D eigenvalue weighted by Crippen LogP contribution is 2.42. The van der Waals surface area contributed by atoms with Gasteiger partial charge in [-0.15, -0.1) is 11.8 Å². The van der Waals surface area contributed by atoms with Gasteiger partial charge in [0.1, 0.15) is 0 Å². The number of hydrogen-bond donors (Lipinski definition) is 1. The van der Waals surface area contributed by atoms with Crippen LogP contribution in [0, 0.1) is 0 Å². The molecule has 80 valence electrons. The van der Waals surface area contributed by atoms with Crippen LogP contribution in [-0.2, 0) is 0 Å². The fourth-order valence-corrected chi connectivity index (χ4v) is 3.34. The minimum absolute atomic E-state index is 0.527. The summed E-state index contributed by atoms with van der Waals surface area (Å²) in [7, 11) is 0. The largest absolute Gasteiger partial charge is 0.301 e. The highest BCUT2D eigenvalue weighted by atomic mass is 32.2. The number of thioether (sulfide) groups is 1. The molecule has 2 aliphatic rings. The normalized spacial score (nSPS) is 30.7. The molecular formula is C13H17NS. The molecule has 15 heavy (non-hydrogen) atoms. The van der Waals surface area contributed by atoms with Gasteiger partial charge in [-0.05, 0) is 29.9 Å². The summed E-state index contributed by atoms with van der Waals surface area (Å²) in [6, 6.07) is 9.16. The Kier molecular flexibility index (Phi) is 2.49. The smallest absolute Gasteiger partial charge is 0.0793 e. The van der Waals surface area contributed by atoms with Crippen LogP contribution >= 0.6 is 11.8 Å². The lowest BCUT2D eigenvalue weighted by Crippen LogP contribution is -2.13. The topological polar surface area (TPSA) is 12.0 Å². The van der Waals surface area contributed by atoms with Crippen molar-refractivity contribution in [2.24, 2.45) is 0 Å². The first-order valence-corrected chi connectivity index (χ1v) is 6.76. The SMILES string of the molecule is CC1CNC(c2cccc(C3CC3)c2)S1. The van der Waals surface area contributed by atoms with Crippen molar-refractivity contribution < 1.29 is 0 Å². The van der Waals surface area contributed by atoms with E-state index in [-0.39, 0.29) is 0 Å². The van der Waals surface area contributed by atoms with Gasteiger partial charge in [-0.2, -0.15) is 0 Å².